The molecular weight excluding hydrogens is 671 g/mol. The van der Waals surface area contributed by atoms with Crippen LogP contribution in [-0.2, 0) is 33.4 Å². The van der Waals surface area contributed by atoms with Gasteiger partial charge in [0.25, 0.3) is 5.91 Å². The molecule has 0 aromatic heterocycles. The second kappa shape index (κ2) is 14.3. The van der Waals surface area contributed by atoms with Crippen molar-refractivity contribution in [2.24, 2.45) is 11.8 Å². The van der Waals surface area contributed by atoms with Gasteiger partial charge >= 0.3 is 21.7 Å². The zero-order chi connectivity index (χ0) is 35.7. The first kappa shape index (κ1) is 36.6. The fourth-order valence-corrected chi connectivity index (χ4v) is 6.85. The van der Waals surface area contributed by atoms with Crippen LogP contribution < -0.4 is 14.5 Å². The van der Waals surface area contributed by atoms with Crippen molar-refractivity contribution in [2.45, 2.75) is 76.1 Å². The quantitative estimate of drug-likeness (QED) is 0.188. The second-order valence-corrected chi connectivity index (χ2v) is 15.1. The van der Waals surface area contributed by atoms with E-state index in [1.807, 2.05) is 0 Å². The average molecular weight is 714 g/mol. The van der Waals surface area contributed by atoms with Crippen molar-refractivity contribution in [1.82, 2.24) is 4.90 Å². The standard InChI is InChI=1S/C33H42F3N3O9S/c1-32(2,3)47-31(42)37-15-13-25(21-7-5-8-24(17-21)48-49(43,44)33(34,35)36)26(19-37)30(41)39(22-9-10-22)23-11-12-28-27(18-23)38(14-6-16-45-4)29(40)20-46-28/h5,7,11-12,17-18,22,24-26H,6,8-10,13-16,19-20H2,1-4H3/t24?,25-,26+/m1/s1. The van der Waals surface area contributed by atoms with Crippen LogP contribution in [0.4, 0.5) is 29.3 Å². The maximum atomic E-state index is 14.7. The van der Waals surface area contributed by atoms with Crippen molar-refractivity contribution in [2.75, 3.05) is 49.8 Å². The first-order chi connectivity index (χ1) is 23.0. The molecular formula is C33H42F3N3O9S. The highest BCUT2D eigenvalue weighted by Crippen LogP contribution is 2.43. The number of ether oxygens (including phenoxy) is 3. The number of alkyl halides is 3. The number of carbonyl (C=O) groups excluding carboxylic acids is 3. The maximum Gasteiger partial charge on any atom is 0.523 e. The Kier molecular flexibility index (Phi) is 10.7. The van der Waals surface area contributed by atoms with Crippen LogP contribution >= 0.6 is 0 Å². The van der Waals surface area contributed by atoms with Crippen LogP contribution in [0, 0.1) is 11.8 Å². The third kappa shape index (κ3) is 8.58. The monoisotopic (exact) mass is 713 g/mol. The van der Waals surface area contributed by atoms with Crippen LogP contribution in [0.3, 0.4) is 0 Å². The van der Waals surface area contributed by atoms with Crippen LogP contribution in [0.5, 0.6) is 5.75 Å². The van der Waals surface area contributed by atoms with Crippen molar-refractivity contribution in [3.05, 3.63) is 42.0 Å². The van der Waals surface area contributed by atoms with Gasteiger partial charge in [0, 0.05) is 45.1 Å². The highest BCUT2D eigenvalue weighted by molar-refractivity contribution is 7.87. The van der Waals surface area contributed by atoms with E-state index in [-0.39, 0.29) is 50.4 Å². The summed E-state index contributed by atoms with van der Waals surface area (Å²) in [6.07, 6.45) is 4.63. The van der Waals surface area contributed by atoms with Gasteiger partial charge in [-0.1, -0.05) is 18.2 Å². The van der Waals surface area contributed by atoms with Gasteiger partial charge < -0.3 is 28.9 Å². The minimum Gasteiger partial charge on any atom is -0.482 e. The minimum absolute atomic E-state index is 0.0468. The van der Waals surface area contributed by atoms with Gasteiger partial charge in [-0.3, -0.25) is 13.8 Å². The molecule has 1 aromatic rings. The highest BCUT2D eigenvalue weighted by atomic mass is 32.2. The largest absolute Gasteiger partial charge is 0.523 e. The van der Waals surface area contributed by atoms with Crippen molar-refractivity contribution in [1.29, 1.82) is 0 Å². The topological polar surface area (TPSA) is 132 Å². The third-order valence-electron chi connectivity index (χ3n) is 8.64. The molecule has 12 nitrogen and oxygen atoms in total. The van der Waals surface area contributed by atoms with E-state index in [9.17, 15) is 36.0 Å². The molecule has 16 heteroatoms. The number of allylic oxidation sites excluding steroid dienone is 2. The molecule has 2 fully saturated rings. The molecule has 1 saturated carbocycles. The van der Waals surface area contributed by atoms with Gasteiger partial charge in [0.2, 0.25) is 5.91 Å². The number of rotatable bonds is 10. The Hall–Kier alpha value is -3.63. The molecule has 4 aliphatic rings. The molecule has 2 aliphatic carbocycles. The van der Waals surface area contributed by atoms with Crippen LogP contribution in [0.2, 0.25) is 0 Å². The third-order valence-corrected chi connectivity index (χ3v) is 9.71. The predicted molar refractivity (Wildman–Crippen MR) is 172 cm³/mol. The van der Waals surface area contributed by atoms with E-state index in [0.29, 0.717) is 42.3 Å². The van der Waals surface area contributed by atoms with Gasteiger partial charge in [0.05, 0.1) is 17.7 Å². The lowest BCUT2D eigenvalue weighted by molar-refractivity contribution is -0.125. The number of amides is 3. The predicted octanol–water partition coefficient (Wildman–Crippen LogP) is 4.94. The molecule has 270 valence electrons. The van der Waals surface area contributed by atoms with Crippen LogP contribution in [0.15, 0.2) is 42.0 Å². The summed E-state index contributed by atoms with van der Waals surface area (Å²) in [6, 6.07) is 5.04. The number of hydrogen-bond donors (Lipinski definition) is 0. The number of nitrogens with zero attached hydrogens (tertiary/aromatic N) is 3. The summed E-state index contributed by atoms with van der Waals surface area (Å²) in [5, 5.41) is 0. The fraction of sp³-hybridized carbons (Fsp3) is 0.606. The van der Waals surface area contributed by atoms with E-state index in [2.05, 4.69) is 4.18 Å². The molecule has 2 heterocycles. The lowest BCUT2D eigenvalue weighted by Crippen LogP contribution is -2.52. The lowest BCUT2D eigenvalue weighted by Gasteiger charge is -2.41. The number of fused-ring (bicyclic) bond motifs is 1. The number of halogens is 3. The normalized spacial score (nSPS) is 23.0. The number of methoxy groups -OCH3 is 1. The van der Waals surface area contributed by atoms with Gasteiger partial charge in [0.1, 0.15) is 11.4 Å². The average Bonchev–Trinajstić information content (AvgIpc) is 3.86. The Balaban J connectivity index is 1.48. The Labute approximate surface area is 283 Å². The first-order valence-electron chi connectivity index (χ1n) is 16.2. The molecule has 0 N–H and O–H groups in total. The number of likely N-dealkylation sites (tertiary alicyclic amines) is 1. The van der Waals surface area contributed by atoms with E-state index < -0.39 is 45.3 Å². The zero-order valence-corrected chi connectivity index (χ0v) is 28.7. The summed E-state index contributed by atoms with van der Waals surface area (Å²) < 4.78 is 83.9. The minimum atomic E-state index is -5.86. The van der Waals surface area contributed by atoms with Crippen molar-refractivity contribution in [3.63, 3.8) is 0 Å². The molecule has 1 saturated heterocycles. The summed E-state index contributed by atoms with van der Waals surface area (Å²) in [7, 11) is -4.29. The molecule has 5 rings (SSSR count). The van der Waals surface area contributed by atoms with Gasteiger partial charge in [-0.25, -0.2) is 4.79 Å². The zero-order valence-electron chi connectivity index (χ0n) is 27.9. The number of piperidine rings is 1. The van der Waals surface area contributed by atoms with Crippen molar-refractivity contribution >= 4 is 39.4 Å². The van der Waals surface area contributed by atoms with E-state index in [1.165, 1.54) is 17.1 Å². The van der Waals surface area contributed by atoms with E-state index in [0.717, 1.165) is 12.8 Å². The Morgan fingerprint density at radius 1 is 1.12 bits per heavy atom. The molecule has 1 aromatic carbocycles. The maximum absolute atomic E-state index is 14.7. The Bertz CT molecular complexity index is 1600. The summed E-state index contributed by atoms with van der Waals surface area (Å²) in [4.78, 5) is 45.5. The molecule has 0 bridgehead atoms. The van der Waals surface area contributed by atoms with Gasteiger partial charge in [-0.05, 0) is 82.6 Å². The smallest absolute Gasteiger partial charge is 0.482 e. The summed E-state index contributed by atoms with van der Waals surface area (Å²) >= 11 is 0. The van der Waals surface area contributed by atoms with Crippen molar-refractivity contribution in [3.8, 4) is 5.75 Å². The number of anilines is 2. The summed E-state index contributed by atoms with van der Waals surface area (Å²) in [5.74, 6) is -1.52. The molecule has 3 amide bonds. The highest BCUT2D eigenvalue weighted by Gasteiger charge is 2.49. The molecule has 3 atom stereocenters. The molecule has 49 heavy (non-hydrogen) atoms. The second-order valence-electron chi connectivity index (χ2n) is 13.5. The summed E-state index contributed by atoms with van der Waals surface area (Å²) in [5.41, 5.74) is -4.90. The molecule has 2 aliphatic heterocycles. The van der Waals surface area contributed by atoms with E-state index in [1.54, 1.807) is 62.0 Å². The SMILES string of the molecule is COCCCN1C(=O)COc2ccc(N(C(=O)[C@H]3CN(C(=O)OC(C)(C)C)CC[C@@H]3C3=CC(OS(=O)(=O)C(F)(F)F)CC=C3)C3CC3)cc21. The van der Waals surface area contributed by atoms with Crippen LogP contribution in [-0.4, -0.2) is 94.4 Å². The number of hydrogen-bond acceptors (Lipinski definition) is 9. The molecule has 0 spiro atoms. The lowest BCUT2D eigenvalue weighted by atomic mass is 9.77. The van der Waals surface area contributed by atoms with Crippen LogP contribution in [0.1, 0.15) is 52.9 Å². The van der Waals surface area contributed by atoms with Gasteiger partial charge in [-0.15, -0.1) is 0 Å². The molecule has 0 radical (unpaired) electrons. The first-order valence-corrected chi connectivity index (χ1v) is 17.6. The van der Waals surface area contributed by atoms with E-state index >= 15 is 0 Å². The Morgan fingerprint density at radius 2 is 1.86 bits per heavy atom. The number of carbonyl (C=O) groups is 3. The van der Waals surface area contributed by atoms with Gasteiger partial charge in [0.15, 0.2) is 6.61 Å². The summed E-state index contributed by atoms with van der Waals surface area (Å²) in [6.45, 7) is 6.04. The van der Waals surface area contributed by atoms with Crippen molar-refractivity contribution < 1.29 is 54.4 Å². The van der Waals surface area contributed by atoms with E-state index in [4.69, 9.17) is 14.2 Å². The van der Waals surface area contributed by atoms with Gasteiger partial charge in [-0.2, -0.15) is 21.6 Å². The van der Waals surface area contributed by atoms with Crippen LogP contribution in [0.25, 0.3) is 0 Å². The number of benzene rings is 1. The fourth-order valence-electron chi connectivity index (χ4n) is 6.28. The molecule has 1 unspecified atom stereocenters. The Morgan fingerprint density at radius 3 is 2.51 bits per heavy atom.